The molecule has 1 aromatic heterocycles. The third-order valence-corrected chi connectivity index (χ3v) is 3.53. The Morgan fingerprint density at radius 2 is 2.00 bits per heavy atom. The zero-order valence-electron chi connectivity index (χ0n) is 11.1. The van der Waals surface area contributed by atoms with Crippen LogP contribution < -0.4 is 5.32 Å². The summed E-state index contributed by atoms with van der Waals surface area (Å²) in [6, 6.07) is 8.21. The van der Waals surface area contributed by atoms with Gasteiger partial charge in [0.1, 0.15) is 0 Å². The first-order chi connectivity index (χ1) is 8.50. The van der Waals surface area contributed by atoms with Crippen LogP contribution in [0, 0.1) is 0 Å². The van der Waals surface area contributed by atoms with Gasteiger partial charge in [-0.15, -0.1) is 0 Å². The maximum Gasteiger partial charge on any atom is 0.0688 e. The zero-order chi connectivity index (χ0) is 13.2. The van der Waals surface area contributed by atoms with Crippen LogP contribution in [-0.2, 0) is 6.54 Å². The predicted octanol–water partition coefficient (Wildman–Crippen LogP) is 2.48. The van der Waals surface area contributed by atoms with E-state index in [4.69, 9.17) is 0 Å². The molecule has 1 atom stereocenters. The third-order valence-electron chi connectivity index (χ3n) is 3.53. The second-order valence-corrected chi connectivity index (χ2v) is 5.27. The molecule has 0 aliphatic heterocycles. The van der Waals surface area contributed by atoms with Crippen molar-refractivity contribution in [2.45, 2.75) is 39.0 Å². The van der Waals surface area contributed by atoms with Gasteiger partial charge in [-0.2, -0.15) is 0 Å². The molecule has 1 aromatic carbocycles. The van der Waals surface area contributed by atoms with E-state index < -0.39 is 6.10 Å². The maximum absolute atomic E-state index is 9.69. The number of rotatable bonds is 4. The molecule has 0 aliphatic carbocycles. The van der Waals surface area contributed by atoms with Crippen LogP contribution in [0.3, 0.4) is 0 Å². The SMILES string of the molecule is CC(O)C(C)(C)NCc1cncc2ccccc12. The number of aliphatic hydroxyl groups excluding tert-OH is 1. The van der Waals surface area contributed by atoms with Gasteiger partial charge in [0.2, 0.25) is 0 Å². The number of pyridine rings is 1. The van der Waals surface area contributed by atoms with E-state index in [1.165, 1.54) is 5.39 Å². The van der Waals surface area contributed by atoms with Gasteiger partial charge < -0.3 is 10.4 Å². The summed E-state index contributed by atoms with van der Waals surface area (Å²) in [5.41, 5.74) is 0.846. The fourth-order valence-electron chi connectivity index (χ4n) is 1.79. The smallest absolute Gasteiger partial charge is 0.0688 e. The van der Waals surface area contributed by atoms with Crippen molar-refractivity contribution in [3.63, 3.8) is 0 Å². The van der Waals surface area contributed by atoms with Gasteiger partial charge >= 0.3 is 0 Å². The highest BCUT2D eigenvalue weighted by Crippen LogP contribution is 2.18. The number of fused-ring (bicyclic) bond motifs is 1. The first-order valence-corrected chi connectivity index (χ1v) is 6.25. The molecule has 0 saturated heterocycles. The van der Waals surface area contributed by atoms with Gasteiger partial charge in [-0.05, 0) is 31.7 Å². The summed E-state index contributed by atoms with van der Waals surface area (Å²) in [4.78, 5) is 4.26. The monoisotopic (exact) mass is 244 g/mol. The van der Waals surface area contributed by atoms with Crippen LogP contribution in [0.25, 0.3) is 10.8 Å². The minimum Gasteiger partial charge on any atom is -0.392 e. The molecule has 0 amide bonds. The van der Waals surface area contributed by atoms with E-state index in [-0.39, 0.29) is 5.54 Å². The summed E-state index contributed by atoms with van der Waals surface area (Å²) < 4.78 is 0. The second kappa shape index (κ2) is 5.04. The molecule has 1 unspecified atom stereocenters. The van der Waals surface area contributed by atoms with E-state index in [9.17, 15) is 5.11 Å². The van der Waals surface area contributed by atoms with Crippen LogP contribution in [0.2, 0.25) is 0 Å². The van der Waals surface area contributed by atoms with Crippen molar-refractivity contribution in [3.8, 4) is 0 Å². The Kier molecular flexibility index (Phi) is 3.64. The highest BCUT2D eigenvalue weighted by atomic mass is 16.3. The Morgan fingerprint density at radius 3 is 2.72 bits per heavy atom. The standard InChI is InChI=1S/C15H20N2O/c1-11(18)15(2,3)17-10-13-9-16-8-12-6-4-5-7-14(12)13/h4-9,11,17-18H,10H2,1-3H3. The summed E-state index contributed by atoms with van der Waals surface area (Å²) in [6.07, 6.45) is 3.35. The lowest BCUT2D eigenvalue weighted by Gasteiger charge is -2.29. The van der Waals surface area contributed by atoms with Crippen LogP contribution in [-0.4, -0.2) is 21.7 Å². The minimum absolute atomic E-state index is 0.309. The van der Waals surface area contributed by atoms with Crippen molar-refractivity contribution in [1.29, 1.82) is 0 Å². The van der Waals surface area contributed by atoms with Crippen molar-refractivity contribution < 1.29 is 5.11 Å². The van der Waals surface area contributed by atoms with Crippen molar-refractivity contribution in [2.75, 3.05) is 0 Å². The zero-order valence-corrected chi connectivity index (χ0v) is 11.1. The van der Waals surface area contributed by atoms with E-state index in [0.29, 0.717) is 6.54 Å². The Morgan fingerprint density at radius 1 is 1.28 bits per heavy atom. The highest BCUT2D eigenvalue weighted by molar-refractivity contribution is 5.84. The van der Waals surface area contributed by atoms with E-state index in [1.54, 1.807) is 6.92 Å². The fourth-order valence-corrected chi connectivity index (χ4v) is 1.79. The van der Waals surface area contributed by atoms with Crippen LogP contribution in [0.5, 0.6) is 0 Å². The van der Waals surface area contributed by atoms with Crippen molar-refractivity contribution >= 4 is 10.8 Å². The lowest BCUT2D eigenvalue weighted by Crippen LogP contribution is -2.47. The Balaban J connectivity index is 2.22. The first kappa shape index (κ1) is 13.0. The Bertz CT molecular complexity index is 530. The molecule has 0 spiro atoms. The Hall–Kier alpha value is -1.45. The normalized spacial score (nSPS) is 13.8. The van der Waals surface area contributed by atoms with Crippen LogP contribution in [0.4, 0.5) is 0 Å². The molecule has 0 radical (unpaired) electrons. The third kappa shape index (κ3) is 2.68. The first-order valence-electron chi connectivity index (χ1n) is 6.25. The summed E-state index contributed by atoms with van der Waals surface area (Å²) in [5, 5.41) is 15.4. The lowest BCUT2D eigenvalue weighted by molar-refractivity contribution is 0.0957. The number of hydrogen-bond donors (Lipinski definition) is 2. The molecule has 0 aliphatic rings. The molecular formula is C15H20N2O. The topological polar surface area (TPSA) is 45.1 Å². The molecule has 0 bridgehead atoms. The number of nitrogens with one attached hydrogen (secondary N) is 1. The van der Waals surface area contributed by atoms with E-state index >= 15 is 0 Å². The highest BCUT2D eigenvalue weighted by Gasteiger charge is 2.23. The van der Waals surface area contributed by atoms with E-state index in [1.807, 2.05) is 38.4 Å². The summed E-state index contributed by atoms with van der Waals surface area (Å²) in [6.45, 7) is 6.49. The number of hydrogen-bond acceptors (Lipinski definition) is 3. The van der Waals surface area contributed by atoms with E-state index in [2.05, 4.69) is 22.4 Å². The van der Waals surface area contributed by atoms with Gasteiger partial charge in [0.05, 0.1) is 6.10 Å². The van der Waals surface area contributed by atoms with Gasteiger partial charge in [-0.1, -0.05) is 24.3 Å². The summed E-state index contributed by atoms with van der Waals surface area (Å²) in [5.74, 6) is 0. The second-order valence-electron chi connectivity index (χ2n) is 5.27. The average Bonchev–Trinajstić information content (AvgIpc) is 2.36. The van der Waals surface area contributed by atoms with Gasteiger partial charge in [0.15, 0.2) is 0 Å². The van der Waals surface area contributed by atoms with Crippen molar-refractivity contribution in [1.82, 2.24) is 10.3 Å². The number of aromatic nitrogens is 1. The minimum atomic E-state index is -0.402. The Labute approximate surface area is 108 Å². The predicted molar refractivity (Wildman–Crippen MR) is 74.3 cm³/mol. The maximum atomic E-state index is 9.69. The van der Waals surface area contributed by atoms with Gasteiger partial charge in [0, 0.05) is 29.9 Å². The summed E-state index contributed by atoms with van der Waals surface area (Å²) >= 11 is 0. The molecule has 1 heterocycles. The molecule has 3 heteroatoms. The molecule has 2 N–H and O–H groups in total. The van der Waals surface area contributed by atoms with Gasteiger partial charge in [-0.3, -0.25) is 4.98 Å². The lowest BCUT2D eigenvalue weighted by atomic mass is 9.98. The molecule has 96 valence electrons. The number of benzene rings is 1. The molecule has 2 rings (SSSR count). The molecule has 18 heavy (non-hydrogen) atoms. The molecule has 3 nitrogen and oxygen atoms in total. The molecule has 2 aromatic rings. The largest absolute Gasteiger partial charge is 0.392 e. The van der Waals surface area contributed by atoms with E-state index in [0.717, 1.165) is 10.9 Å². The molecular weight excluding hydrogens is 224 g/mol. The van der Waals surface area contributed by atoms with Crippen molar-refractivity contribution in [3.05, 3.63) is 42.2 Å². The van der Waals surface area contributed by atoms with Crippen LogP contribution >= 0.6 is 0 Å². The number of nitrogens with zero attached hydrogens (tertiary/aromatic N) is 1. The fraction of sp³-hybridized carbons (Fsp3) is 0.400. The van der Waals surface area contributed by atoms with Gasteiger partial charge in [0.25, 0.3) is 0 Å². The summed E-state index contributed by atoms with van der Waals surface area (Å²) in [7, 11) is 0. The molecule has 0 fully saturated rings. The number of aliphatic hydroxyl groups is 1. The quantitative estimate of drug-likeness (QED) is 0.868. The van der Waals surface area contributed by atoms with Crippen LogP contribution in [0.15, 0.2) is 36.7 Å². The average molecular weight is 244 g/mol. The molecule has 0 saturated carbocycles. The van der Waals surface area contributed by atoms with Crippen molar-refractivity contribution in [2.24, 2.45) is 0 Å². The van der Waals surface area contributed by atoms with Gasteiger partial charge in [-0.25, -0.2) is 0 Å². The van der Waals surface area contributed by atoms with Crippen LogP contribution in [0.1, 0.15) is 26.3 Å².